The van der Waals surface area contributed by atoms with E-state index in [2.05, 4.69) is 4.98 Å². The molecular weight excluding hydrogens is 356 g/mol. The van der Waals surface area contributed by atoms with Gasteiger partial charge in [-0.15, -0.1) is 0 Å². The van der Waals surface area contributed by atoms with Crippen molar-refractivity contribution in [3.63, 3.8) is 0 Å². The Labute approximate surface area is 162 Å². The molecule has 0 bridgehead atoms. The number of rotatable bonds is 4. The Balaban J connectivity index is 1.66. The Morgan fingerprint density at radius 3 is 2.79 bits per heavy atom. The number of aliphatic carboxylic acids is 1. The van der Waals surface area contributed by atoms with Crippen LogP contribution in [0.3, 0.4) is 0 Å². The fraction of sp³-hybridized carbons (Fsp3) is 0.182. The molecule has 0 aliphatic carbocycles. The average molecular weight is 376 g/mol. The number of methoxy groups -OCH3 is 1. The molecule has 1 amide bonds. The van der Waals surface area contributed by atoms with Crippen LogP contribution in [0.1, 0.15) is 16.8 Å². The summed E-state index contributed by atoms with van der Waals surface area (Å²) in [7, 11) is 1.58. The Morgan fingerprint density at radius 1 is 1.18 bits per heavy atom. The molecule has 0 saturated heterocycles. The molecule has 1 aliphatic heterocycles. The molecule has 0 unspecified atom stereocenters. The zero-order valence-corrected chi connectivity index (χ0v) is 15.4. The lowest BCUT2D eigenvalue weighted by atomic mass is 10.0. The molecule has 28 heavy (non-hydrogen) atoms. The van der Waals surface area contributed by atoms with Gasteiger partial charge in [0.1, 0.15) is 5.75 Å². The highest BCUT2D eigenvalue weighted by atomic mass is 16.5. The number of hydrogen-bond donors (Lipinski definition) is 2. The van der Waals surface area contributed by atoms with E-state index in [1.807, 2.05) is 48.5 Å². The largest absolute Gasteiger partial charge is 0.497 e. The lowest BCUT2D eigenvalue weighted by Crippen LogP contribution is -2.29. The summed E-state index contributed by atoms with van der Waals surface area (Å²) in [6.45, 7) is 0.425. The number of amides is 1. The van der Waals surface area contributed by atoms with E-state index in [9.17, 15) is 14.7 Å². The van der Waals surface area contributed by atoms with Gasteiger partial charge in [-0.25, -0.2) is 4.79 Å². The minimum absolute atomic E-state index is 0.0997. The van der Waals surface area contributed by atoms with Crippen molar-refractivity contribution < 1.29 is 19.4 Å². The molecule has 0 saturated carbocycles. The Kier molecular flexibility index (Phi) is 4.61. The zero-order chi connectivity index (χ0) is 19.7. The Bertz CT molecular complexity index is 1100. The zero-order valence-electron chi connectivity index (χ0n) is 15.4. The van der Waals surface area contributed by atoms with Gasteiger partial charge in [0, 0.05) is 23.6 Å². The number of nitrogens with one attached hydrogen (secondary N) is 1. The van der Waals surface area contributed by atoms with Gasteiger partial charge in [-0.2, -0.15) is 0 Å². The molecule has 4 rings (SSSR count). The number of ether oxygens (including phenoxy) is 1. The molecule has 3 aromatic rings. The number of carbonyl (C=O) groups excluding carboxylic acids is 1. The number of carboxylic acids is 1. The highest BCUT2D eigenvalue weighted by Gasteiger charge is 2.26. The standard InChI is InChI=1S/C22H20N2O4/c1-28-15-6-4-5-14(11-15)12-20(25)24-10-9-17-16-7-2-3-8-19(16)23-21(17)18(13-24)22(26)27/h2-8,11,13,23H,9-10,12H2,1H3,(H,26,27). The van der Waals surface area contributed by atoms with Gasteiger partial charge in [0.2, 0.25) is 5.91 Å². The van der Waals surface area contributed by atoms with Gasteiger partial charge in [0.15, 0.2) is 0 Å². The van der Waals surface area contributed by atoms with Crippen LogP contribution < -0.4 is 4.74 Å². The molecule has 6 nitrogen and oxygen atoms in total. The van der Waals surface area contributed by atoms with E-state index in [0.29, 0.717) is 24.4 Å². The van der Waals surface area contributed by atoms with E-state index in [-0.39, 0.29) is 17.9 Å². The lowest BCUT2D eigenvalue weighted by Gasteiger charge is -2.17. The lowest BCUT2D eigenvalue weighted by molar-refractivity contribution is -0.130. The van der Waals surface area contributed by atoms with Crippen LogP contribution in [-0.4, -0.2) is 40.5 Å². The Hall–Kier alpha value is -3.54. The number of hydrogen-bond acceptors (Lipinski definition) is 3. The summed E-state index contributed by atoms with van der Waals surface area (Å²) >= 11 is 0. The van der Waals surface area contributed by atoms with Crippen molar-refractivity contribution in [1.29, 1.82) is 0 Å². The van der Waals surface area contributed by atoms with Crippen molar-refractivity contribution in [2.45, 2.75) is 12.8 Å². The van der Waals surface area contributed by atoms with Crippen LogP contribution >= 0.6 is 0 Å². The average Bonchev–Trinajstić information content (AvgIpc) is 2.94. The number of H-pyrrole nitrogens is 1. The molecule has 6 heteroatoms. The predicted octanol–water partition coefficient (Wildman–Crippen LogP) is 3.23. The summed E-state index contributed by atoms with van der Waals surface area (Å²) in [6, 6.07) is 15.1. The highest BCUT2D eigenvalue weighted by molar-refractivity contribution is 6.17. The van der Waals surface area contributed by atoms with Crippen LogP contribution in [0.5, 0.6) is 5.75 Å². The first-order valence-electron chi connectivity index (χ1n) is 9.04. The molecule has 2 N–H and O–H groups in total. The summed E-state index contributed by atoms with van der Waals surface area (Å²) in [5, 5.41) is 10.7. The van der Waals surface area contributed by atoms with E-state index in [4.69, 9.17) is 4.74 Å². The van der Waals surface area contributed by atoms with E-state index in [1.54, 1.807) is 7.11 Å². The third-order valence-electron chi connectivity index (χ3n) is 5.01. The Morgan fingerprint density at radius 2 is 2.00 bits per heavy atom. The minimum Gasteiger partial charge on any atom is -0.497 e. The number of aromatic amines is 1. The highest BCUT2D eigenvalue weighted by Crippen LogP contribution is 2.31. The molecular formula is C22H20N2O4. The van der Waals surface area contributed by atoms with Crippen molar-refractivity contribution in [2.24, 2.45) is 0 Å². The van der Waals surface area contributed by atoms with Gasteiger partial charge in [0.25, 0.3) is 0 Å². The monoisotopic (exact) mass is 376 g/mol. The van der Waals surface area contributed by atoms with E-state index in [1.165, 1.54) is 11.1 Å². The topological polar surface area (TPSA) is 82.6 Å². The van der Waals surface area contributed by atoms with Gasteiger partial charge in [0.05, 0.1) is 24.8 Å². The van der Waals surface area contributed by atoms with E-state index >= 15 is 0 Å². The maximum atomic E-state index is 12.9. The molecule has 142 valence electrons. The quantitative estimate of drug-likeness (QED) is 0.732. The number of carboxylic acid groups (broad SMARTS) is 1. The van der Waals surface area contributed by atoms with Crippen molar-refractivity contribution in [3.05, 3.63) is 71.6 Å². The first-order chi connectivity index (χ1) is 13.6. The number of para-hydroxylation sites is 1. The SMILES string of the molecule is COc1cccc(CC(=O)N2C=C(C(=O)O)c3[nH]c4ccccc4c3CC2)c1. The molecule has 2 aromatic carbocycles. The van der Waals surface area contributed by atoms with Crippen molar-refractivity contribution in [2.75, 3.05) is 13.7 Å². The summed E-state index contributed by atoms with van der Waals surface area (Å²) in [4.78, 5) is 29.5. The van der Waals surface area contributed by atoms with Crippen molar-refractivity contribution in [1.82, 2.24) is 9.88 Å². The second-order valence-corrected chi connectivity index (χ2v) is 6.74. The normalized spacial score (nSPS) is 13.6. The van der Waals surface area contributed by atoms with Gasteiger partial charge in [-0.05, 0) is 35.7 Å². The summed E-state index contributed by atoms with van der Waals surface area (Å²) in [5.41, 5.74) is 3.33. The third-order valence-corrected chi connectivity index (χ3v) is 5.01. The third kappa shape index (κ3) is 3.24. The number of fused-ring (bicyclic) bond motifs is 3. The summed E-state index contributed by atoms with van der Waals surface area (Å²) < 4.78 is 5.20. The summed E-state index contributed by atoms with van der Waals surface area (Å²) in [6.07, 6.45) is 2.21. The van der Waals surface area contributed by atoms with E-state index in [0.717, 1.165) is 22.0 Å². The van der Waals surface area contributed by atoms with Crippen LogP contribution in [0.2, 0.25) is 0 Å². The molecule has 0 radical (unpaired) electrons. The number of aromatic nitrogens is 1. The fourth-order valence-electron chi connectivity index (χ4n) is 3.62. The predicted molar refractivity (Wildman–Crippen MR) is 106 cm³/mol. The number of nitrogens with zero attached hydrogens (tertiary/aromatic N) is 1. The summed E-state index contributed by atoms with van der Waals surface area (Å²) in [5.74, 6) is -0.528. The molecule has 1 aliphatic rings. The molecule has 0 fully saturated rings. The van der Waals surface area contributed by atoms with Crippen LogP contribution in [0.4, 0.5) is 0 Å². The van der Waals surface area contributed by atoms with Crippen LogP contribution in [0.25, 0.3) is 16.5 Å². The second-order valence-electron chi connectivity index (χ2n) is 6.74. The smallest absolute Gasteiger partial charge is 0.339 e. The second kappa shape index (κ2) is 7.23. The molecule has 2 heterocycles. The van der Waals surface area contributed by atoms with Gasteiger partial charge in [-0.3, -0.25) is 4.79 Å². The van der Waals surface area contributed by atoms with Crippen LogP contribution in [-0.2, 0) is 22.4 Å². The number of benzene rings is 2. The molecule has 0 atom stereocenters. The maximum Gasteiger partial charge on any atom is 0.339 e. The first kappa shape index (κ1) is 17.9. The van der Waals surface area contributed by atoms with Crippen LogP contribution in [0.15, 0.2) is 54.7 Å². The number of carbonyl (C=O) groups is 2. The minimum atomic E-state index is -1.06. The molecule has 0 spiro atoms. The first-order valence-corrected chi connectivity index (χ1v) is 9.04. The van der Waals surface area contributed by atoms with Gasteiger partial charge in [-0.1, -0.05) is 30.3 Å². The van der Waals surface area contributed by atoms with Crippen molar-refractivity contribution in [3.8, 4) is 5.75 Å². The fourth-order valence-corrected chi connectivity index (χ4v) is 3.62. The van der Waals surface area contributed by atoms with Crippen LogP contribution in [0, 0.1) is 0 Å². The maximum absolute atomic E-state index is 12.9. The van der Waals surface area contributed by atoms with Crippen molar-refractivity contribution >= 4 is 28.4 Å². The van der Waals surface area contributed by atoms with E-state index < -0.39 is 5.97 Å². The van der Waals surface area contributed by atoms with Gasteiger partial charge < -0.3 is 19.7 Å². The van der Waals surface area contributed by atoms with Gasteiger partial charge >= 0.3 is 5.97 Å². The molecule has 1 aromatic heterocycles.